The summed E-state index contributed by atoms with van der Waals surface area (Å²) in [6.45, 7) is 31.8. The highest BCUT2D eigenvalue weighted by Crippen LogP contribution is 2.58. The van der Waals surface area contributed by atoms with E-state index >= 15 is 0 Å². The number of hydrogen-bond donors (Lipinski definition) is 0. The van der Waals surface area contributed by atoms with Crippen molar-refractivity contribution in [2.24, 2.45) is 0 Å². The van der Waals surface area contributed by atoms with Gasteiger partial charge in [-0.25, -0.2) is 0 Å². The third-order valence-electron chi connectivity index (χ3n) is 12.8. The van der Waals surface area contributed by atoms with Gasteiger partial charge in [0, 0.05) is 22.7 Å². The molecule has 0 radical (unpaired) electrons. The lowest BCUT2D eigenvalue weighted by atomic mass is 9.87. The molecule has 0 fully saturated rings. The summed E-state index contributed by atoms with van der Waals surface area (Å²) in [7, 11) is 0. The highest BCUT2D eigenvalue weighted by Gasteiger charge is 2.45. The summed E-state index contributed by atoms with van der Waals surface area (Å²) in [5.74, 6) is 3.01. The monoisotopic (exact) mass is 793 g/mol. The summed E-state index contributed by atoms with van der Waals surface area (Å²) in [5, 5.41) is 0. The lowest BCUT2D eigenvalue weighted by molar-refractivity contribution is 0.590. The number of fused-ring (bicyclic) bond motifs is 2. The van der Waals surface area contributed by atoms with Crippen LogP contribution in [0, 0.1) is 27.7 Å². The second-order valence-electron chi connectivity index (χ2n) is 19.9. The zero-order valence-corrected chi connectivity index (χ0v) is 38.5. The summed E-state index contributed by atoms with van der Waals surface area (Å²) in [6.07, 6.45) is 0. The Morgan fingerprint density at radius 2 is 0.550 bits per heavy atom. The van der Waals surface area contributed by atoms with Crippen LogP contribution in [0.15, 0.2) is 133 Å². The van der Waals surface area contributed by atoms with Crippen LogP contribution in [0.3, 0.4) is 0 Å². The topological polar surface area (TPSA) is 13.0 Å². The van der Waals surface area contributed by atoms with E-state index in [0.29, 0.717) is 11.8 Å². The van der Waals surface area contributed by atoms with Crippen LogP contribution < -0.4 is 19.6 Å². The van der Waals surface area contributed by atoms with Crippen LogP contribution in [-0.2, 0) is 10.8 Å². The van der Waals surface area contributed by atoms with Crippen molar-refractivity contribution in [3.8, 4) is 0 Å². The molecule has 0 aromatic heterocycles. The molecule has 0 bridgehead atoms. The molecular weight excluding hydrogens is 729 g/mol. The van der Waals surface area contributed by atoms with Gasteiger partial charge in [-0.05, 0) is 168 Å². The Balaban J connectivity index is 1.53. The van der Waals surface area contributed by atoms with Gasteiger partial charge in [0.25, 0.3) is 0 Å². The molecule has 2 heterocycles. The molecule has 60 heavy (non-hydrogen) atoms. The third-order valence-corrected chi connectivity index (χ3v) is 12.8. The highest BCUT2D eigenvalue weighted by molar-refractivity contribution is 6.00. The van der Waals surface area contributed by atoms with E-state index in [1.54, 1.807) is 0 Å². The Morgan fingerprint density at radius 3 is 0.750 bits per heavy atom. The minimum absolute atomic E-state index is 0.0262. The molecule has 0 aliphatic carbocycles. The molecule has 6 aromatic carbocycles. The van der Waals surface area contributed by atoms with Crippen LogP contribution >= 0.6 is 0 Å². The van der Waals surface area contributed by atoms with Crippen molar-refractivity contribution in [2.75, 3.05) is 19.6 Å². The molecule has 0 spiro atoms. The summed E-state index contributed by atoms with van der Waals surface area (Å²) in [4.78, 5) is 10.1. The third kappa shape index (κ3) is 7.18. The average molecular weight is 793 g/mol. The predicted molar refractivity (Wildman–Crippen MR) is 259 cm³/mol. The number of hydrogen-bond acceptors (Lipinski definition) is 4. The van der Waals surface area contributed by atoms with Gasteiger partial charge < -0.3 is 0 Å². The van der Waals surface area contributed by atoms with Crippen molar-refractivity contribution in [3.63, 3.8) is 0 Å². The van der Waals surface area contributed by atoms with Crippen molar-refractivity contribution in [1.29, 1.82) is 0 Å². The fourth-order valence-electron chi connectivity index (χ4n) is 8.63. The van der Waals surface area contributed by atoms with E-state index in [2.05, 4.69) is 238 Å². The number of rotatable bonds is 6. The lowest BCUT2D eigenvalue weighted by Crippen LogP contribution is -2.33. The SMILES string of the molecule is Cc1cc2c(cc1C)N(c1ccc(C(C)(C)C)cc1)/C(=C1\N(c3ccc(C(C)C)cc3)c3cc(C)c(C)cc3N1c1ccc(C(C)(C)C)cc1)N2c1ccc(C(C)C)cc1. The van der Waals surface area contributed by atoms with Crippen LogP contribution in [0.1, 0.15) is 126 Å². The van der Waals surface area contributed by atoms with Crippen LogP contribution in [0.5, 0.6) is 0 Å². The normalized spacial score (nSPS) is 15.5. The molecule has 4 heteroatoms. The zero-order chi connectivity index (χ0) is 43.0. The largest absolute Gasteiger partial charge is 0.291 e. The van der Waals surface area contributed by atoms with Gasteiger partial charge in [0.05, 0.1) is 22.7 Å². The quantitative estimate of drug-likeness (QED) is 0.167. The van der Waals surface area contributed by atoms with Gasteiger partial charge in [-0.3, -0.25) is 19.6 Å². The van der Waals surface area contributed by atoms with E-state index in [9.17, 15) is 0 Å². The van der Waals surface area contributed by atoms with Crippen molar-refractivity contribution < 1.29 is 0 Å². The van der Waals surface area contributed by atoms with Crippen LogP contribution in [0.4, 0.5) is 45.5 Å². The maximum absolute atomic E-state index is 2.53. The minimum Gasteiger partial charge on any atom is -0.291 e. The summed E-state index contributed by atoms with van der Waals surface area (Å²) >= 11 is 0. The predicted octanol–water partition coefficient (Wildman–Crippen LogP) is 16.2. The van der Waals surface area contributed by atoms with Gasteiger partial charge in [0.15, 0.2) is 11.6 Å². The first-order chi connectivity index (χ1) is 28.3. The molecule has 0 saturated heterocycles. The Bertz CT molecular complexity index is 2390. The molecule has 0 saturated carbocycles. The molecule has 308 valence electrons. The number of aryl methyl sites for hydroxylation is 4. The van der Waals surface area contributed by atoms with Gasteiger partial charge in [-0.1, -0.05) is 118 Å². The first kappa shape index (κ1) is 41.0. The van der Waals surface area contributed by atoms with E-state index in [1.807, 2.05) is 0 Å². The standard InChI is InChI=1S/C56H64N4/c1-35(2)41-15-23-45(24-16-41)57-49-31-37(5)39(7)33-51(49)59(47-27-19-43(20-28-47)55(9,10)11)53(57)54-58(46-25-17-42(18-26-46)36(3)4)50-32-38(6)40(8)34-52(50)60(54)48-29-21-44(22-30-48)56(12,13)14/h15-36H,1-14H3/b54-53+. The second kappa shape index (κ2) is 15.1. The van der Waals surface area contributed by atoms with E-state index < -0.39 is 0 Å². The Hall–Kier alpha value is -5.74. The minimum atomic E-state index is 0.0262. The van der Waals surface area contributed by atoms with Gasteiger partial charge >= 0.3 is 0 Å². The molecular formula is C56H64N4. The van der Waals surface area contributed by atoms with E-state index in [4.69, 9.17) is 0 Å². The maximum atomic E-state index is 2.53. The number of nitrogens with zero attached hydrogens (tertiary/aromatic N) is 4. The highest BCUT2D eigenvalue weighted by atomic mass is 15.5. The van der Waals surface area contributed by atoms with E-state index in [-0.39, 0.29) is 10.8 Å². The number of anilines is 8. The van der Waals surface area contributed by atoms with Crippen molar-refractivity contribution >= 4 is 45.5 Å². The van der Waals surface area contributed by atoms with Crippen molar-refractivity contribution in [3.05, 3.63) is 177 Å². The molecule has 0 N–H and O–H groups in total. The Kier molecular flexibility index (Phi) is 10.3. The summed E-state index contributed by atoms with van der Waals surface area (Å²) in [5.41, 5.74) is 19.6. The van der Waals surface area contributed by atoms with Crippen LogP contribution in [-0.4, -0.2) is 0 Å². The Morgan fingerprint density at radius 1 is 0.333 bits per heavy atom. The molecule has 0 atom stereocenters. The van der Waals surface area contributed by atoms with Crippen molar-refractivity contribution in [1.82, 2.24) is 0 Å². The summed E-state index contributed by atoms with van der Waals surface area (Å²) < 4.78 is 0. The van der Waals surface area contributed by atoms with E-state index in [1.165, 1.54) is 67.3 Å². The van der Waals surface area contributed by atoms with Gasteiger partial charge in [0.1, 0.15) is 0 Å². The molecule has 8 rings (SSSR count). The smallest absolute Gasteiger partial charge is 0.166 e. The van der Waals surface area contributed by atoms with Gasteiger partial charge in [0.2, 0.25) is 0 Å². The van der Waals surface area contributed by atoms with Gasteiger partial charge in [-0.15, -0.1) is 0 Å². The fraction of sp³-hybridized carbons (Fsp3) is 0.321. The maximum Gasteiger partial charge on any atom is 0.166 e. The molecule has 4 nitrogen and oxygen atoms in total. The lowest BCUT2D eigenvalue weighted by Gasteiger charge is -2.34. The Labute approximate surface area is 360 Å². The molecule has 2 aliphatic heterocycles. The van der Waals surface area contributed by atoms with Gasteiger partial charge in [-0.2, -0.15) is 0 Å². The zero-order valence-electron chi connectivity index (χ0n) is 38.5. The summed E-state index contributed by atoms with van der Waals surface area (Å²) in [6, 6.07) is 46.7. The van der Waals surface area contributed by atoms with E-state index in [0.717, 1.165) is 34.4 Å². The first-order valence-electron chi connectivity index (χ1n) is 21.9. The first-order valence-corrected chi connectivity index (χ1v) is 21.9. The molecule has 2 aliphatic rings. The molecule has 0 unspecified atom stereocenters. The second-order valence-corrected chi connectivity index (χ2v) is 19.9. The van der Waals surface area contributed by atoms with Crippen LogP contribution in [0.2, 0.25) is 0 Å². The number of benzene rings is 6. The van der Waals surface area contributed by atoms with Crippen molar-refractivity contribution in [2.45, 2.75) is 120 Å². The fourth-order valence-corrected chi connectivity index (χ4v) is 8.63. The average Bonchev–Trinajstić information content (AvgIpc) is 3.69. The molecule has 0 amide bonds. The molecule has 6 aromatic rings. The van der Waals surface area contributed by atoms with Crippen LogP contribution in [0.25, 0.3) is 0 Å².